The van der Waals surface area contributed by atoms with E-state index in [1.54, 1.807) is 0 Å². The van der Waals surface area contributed by atoms with Crippen LogP contribution in [0, 0.1) is 11.6 Å². The van der Waals surface area contributed by atoms with Crippen molar-refractivity contribution in [2.75, 3.05) is 19.6 Å². The first-order chi connectivity index (χ1) is 8.69. The summed E-state index contributed by atoms with van der Waals surface area (Å²) in [5.41, 5.74) is 0.566. The number of benzene rings is 1. The predicted molar refractivity (Wildman–Crippen MR) is 68.3 cm³/mol. The zero-order valence-electron chi connectivity index (χ0n) is 10.8. The maximum Gasteiger partial charge on any atom is 0.130 e. The summed E-state index contributed by atoms with van der Waals surface area (Å²) in [4.78, 5) is 2.19. The van der Waals surface area contributed by atoms with Gasteiger partial charge < -0.3 is 5.32 Å². The Balaban J connectivity index is 1.96. The maximum atomic E-state index is 13.6. The molecule has 1 unspecified atom stereocenters. The summed E-state index contributed by atoms with van der Waals surface area (Å²) >= 11 is 0. The van der Waals surface area contributed by atoms with Gasteiger partial charge >= 0.3 is 0 Å². The average molecular weight is 254 g/mol. The van der Waals surface area contributed by atoms with Crippen molar-refractivity contribution in [1.29, 1.82) is 0 Å². The molecule has 1 atom stereocenters. The first kappa shape index (κ1) is 13.4. The molecule has 0 radical (unpaired) electrons. The topological polar surface area (TPSA) is 15.3 Å². The van der Waals surface area contributed by atoms with Gasteiger partial charge in [-0.1, -0.05) is 13.0 Å². The Morgan fingerprint density at radius 3 is 2.83 bits per heavy atom. The van der Waals surface area contributed by atoms with Crippen molar-refractivity contribution >= 4 is 0 Å². The summed E-state index contributed by atoms with van der Waals surface area (Å²) in [6.45, 7) is 5.48. The van der Waals surface area contributed by atoms with E-state index in [0.29, 0.717) is 18.2 Å². The van der Waals surface area contributed by atoms with E-state index >= 15 is 0 Å². The number of hydrogen-bond donors (Lipinski definition) is 1. The number of nitrogens with one attached hydrogen (secondary N) is 1. The minimum atomic E-state index is -0.517. The number of nitrogens with zero attached hydrogens (tertiary/aromatic N) is 1. The molecule has 2 rings (SSSR count). The van der Waals surface area contributed by atoms with Crippen LogP contribution in [0.15, 0.2) is 18.2 Å². The molecule has 0 amide bonds. The second-order valence-electron chi connectivity index (χ2n) is 4.86. The molecule has 0 spiro atoms. The lowest BCUT2D eigenvalue weighted by atomic mass is 10.1. The molecule has 0 bridgehead atoms. The second kappa shape index (κ2) is 6.25. The largest absolute Gasteiger partial charge is 0.313 e. The lowest BCUT2D eigenvalue weighted by molar-refractivity contribution is 0.250. The van der Waals surface area contributed by atoms with Crippen molar-refractivity contribution in [2.45, 2.75) is 32.4 Å². The molecule has 1 saturated heterocycles. The molecule has 0 aliphatic carbocycles. The van der Waals surface area contributed by atoms with E-state index in [-0.39, 0.29) is 0 Å². The molecule has 1 N–H and O–H groups in total. The van der Waals surface area contributed by atoms with Crippen molar-refractivity contribution in [3.05, 3.63) is 35.4 Å². The lowest BCUT2D eigenvalue weighted by Gasteiger charge is -2.24. The quantitative estimate of drug-likeness (QED) is 0.868. The third-order valence-corrected chi connectivity index (χ3v) is 3.50. The molecule has 4 heteroatoms. The highest BCUT2D eigenvalue weighted by Crippen LogP contribution is 2.14. The van der Waals surface area contributed by atoms with E-state index in [1.165, 1.54) is 25.0 Å². The Hall–Kier alpha value is -1.00. The SMILES string of the molecule is CCN(Cc1ccc(F)cc1F)CC1CCCN1. The van der Waals surface area contributed by atoms with E-state index in [2.05, 4.69) is 17.1 Å². The first-order valence-electron chi connectivity index (χ1n) is 6.58. The van der Waals surface area contributed by atoms with Crippen molar-refractivity contribution in [2.24, 2.45) is 0 Å². The van der Waals surface area contributed by atoms with Crippen molar-refractivity contribution in [1.82, 2.24) is 10.2 Å². The summed E-state index contributed by atoms with van der Waals surface area (Å²) in [6.07, 6.45) is 2.40. The number of likely N-dealkylation sites (N-methyl/N-ethyl adjacent to an activating group) is 1. The minimum Gasteiger partial charge on any atom is -0.313 e. The summed E-state index contributed by atoms with van der Waals surface area (Å²) in [6, 6.07) is 4.32. The third-order valence-electron chi connectivity index (χ3n) is 3.50. The second-order valence-corrected chi connectivity index (χ2v) is 4.86. The fourth-order valence-electron chi connectivity index (χ4n) is 2.42. The number of halogens is 2. The molecule has 2 nitrogen and oxygen atoms in total. The zero-order chi connectivity index (χ0) is 13.0. The molecule has 1 aromatic rings. The Kier molecular flexibility index (Phi) is 4.66. The predicted octanol–water partition coefficient (Wildman–Crippen LogP) is 2.54. The molecular weight excluding hydrogens is 234 g/mol. The monoisotopic (exact) mass is 254 g/mol. The normalized spacial score (nSPS) is 19.7. The van der Waals surface area contributed by atoms with Crippen molar-refractivity contribution < 1.29 is 8.78 Å². The van der Waals surface area contributed by atoms with Gasteiger partial charge in [0.25, 0.3) is 0 Å². The molecule has 1 aromatic carbocycles. The Labute approximate surface area is 107 Å². The maximum absolute atomic E-state index is 13.6. The number of rotatable bonds is 5. The molecule has 18 heavy (non-hydrogen) atoms. The van der Waals surface area contributed by atoms with Crippen LogP contribution in [0.25, 0.3) is 0 Å². The summed E-state index contributed by atoms with van der Waals surface area (Å²) < 4.78 is 26.4. The summed E-state index contributed by atoms with van der Waals surface area (Å²) in [5.74, 6) is -0.968. The van der Waals surface area contributed by atoms with Gasteiger partial charge in [0, 0.05) is 30.8 Å². The van der Waals surface area contributed by atoms with Gasteiger partial charge in [-0.25, -0.2) is 8.78 Å². The molecule has 0 saturated carbocycles. The van der Waals surface area contributed by atoms with Gasteiger partial charge in [-0.05, 0) is 32.0 Å². The molecule has 1 aliphatic heterocycles. The van der Waals surface area contributed by atoms with Crippen LogP contribution in [0.2, 0.25) is 0 Å². The van der Waals surface area contributed by atoms with Crippen LogP contribution in [0.1, 0.15) is 25.3 Å². The van der Waals surface area contributed by atoms with Crippen LogP contribution in [0.4, 0.5) is 8.78 Å². The highest BCUT2D eigenvalue weighted by molar-refractivity contribution is 5.18. The van der Waals surface area contributed by atoms with Gasteiger partial charge in [0.2, 0.25) is 0 Å². The summed E-state index contributed by atoms with van der Waals surface area (Å²) in [5, 5.41) is 3.44. The molecule has 0 aromatic heterocycles. The smallest absolute Gasteiger partial charge is 0.130 e. The lowest BCUT2D eigenvalue weighted by Crippen LogP contribution is -2.37. The standard InChI is InChI=1S/C14H20F2N2/c1-2-18(10-13-4-3-7-17-13)9-11-5-6-12(15)8-14(11)16/h5-6,8,13,17H,2-4,7,9-10H2,1H3. The Bertz CT molecular complexity index is 389. The molecule has 1 heterocycles. The third kappa shape index (κ3) is 3.50. The number of hydrogen-bond acceptors (Lipinski definition) is 2. The fraction of sp³-hybridized carbons (Fsp3) is 0.571. The van der Waals surface area contributed by atoms with Crippen LogP contribution < -0.4 is 5.32 Å². The summed E-state index contributed by atoms with van der Waals surface area (Å²) in [7, 11) is 0. The first-order valence-corrected chi connectivity index (χ1v) is 6.58. The highest BCUT2D eigenvalue weighted by atomic mass is 19.1. The van der Waals surface area contributed by atoms with E-state index in [0.717, 1.165) is 25.7 Å². The van der Waals surface area contributed by atoms with E-state index in [9.17, 15) is 8.78 Å². The van der Waals surface area contributed by atoms with Gasteiger partial charge in [0.15, 0.2) is 0 Å². The van der Waals surface area contributed by atoms with Crippen LogP contribution in [-0.2, 0) is 6.54 Å². The van der Waals surface area contributed by atoms with Gasteiger partial charge in [-0.3, -0.25) is 4.90 Å². The molecule has 1 aliphatic rings. The van der Waals surface area contributed by atoms with Gasteiger partial charge in [0.05, 0.1) is 0 Å². The Morgan fingerprint density at radius 2 is 2.22 bits per heavy atom. The van der Waals surface area contributed by atoms with Crippen LogP contribution in [-0.4, -0.2) is 30.6 Å². The fourth-order valence-corrected chi connectivity index (χ4v) is 2.42. The molecule has 1 fully saturated rings. The average Bonchev–Trinajstić information content (AvgIpc) is 2.84. The molecule has 100 valence electrons. The zero-order valence-corrected chi connectivity index (χ0v) is 10.8. The van der Waals surface area contributed by atoms with Crippen molar-refractivity contribution in [3.63, 3.8) is 0 Å². The van der Waals surface area contributed by atoms with E-state index < -0.39 is 11.6 Å². The highest BCUT2D eigenvalue weighted by Gasteiger charge is 2.18. The van der Waals surface area contributed by atoms with Gasteiger partial charge in [0.1, 0.15) is 11.6 Å². The van der Waals surface area contributed by atoms with Gasteiger partial charge in [-0.2, -0.15) is 0 Å². The van der Waals surface area contributed by atoms with Crippen molar-refractivity contribution in [3.8, 4) is 0 Å². The minimum absolute atomic E-state index is 0.451. The van der Waals surface area contributed by atoms with Crippen LogP contribution >= 0.6 is 0 Å². The van der Waals surface area contributed by atoms with Crippen LogP contribution in [0.5, 0.6) is 0 Å². The van der Waals surface area contributed by atoms with Gasteiger partial charge in [-0.15, -0.1) is 0 Å². The van der Waals surface area contributed by atoms with E-state index in [4.69, 9.17) is 0 Å². The molecular formula is C14H20F2N2. The van der Waals surface area contributed by atoms with Crippen LogP contribution in [0.3, 0.4) is 0 Å². The van der Waals surface area contributed by atoms with E-state index in [1.807, 2.05) is 0 Å². The Morgan fingerprint density at radius 1 is 1.39 bits per heavy atom.